The molecule has 1 aromatic heterocycles. The fourth-order valence-corrected chi connectivity index (χ4v) is 1.08. The van der Waals surface area contributed by atoms with Gasteiger partial charge in [-0.2, -0.15) is 28.1 Å². The highest BCUT2D eigenvalue weighted by Crippen LogP contribution is 2.24. The highest BCUT2D eigenvalue weighted by atomic mass is 35.5. The standard InChI is InChI=1S/C10H11ClF3N5O/c1-4(2)6(20)16-9-18-7(11)17-8(19-9)15-5(3)10(12,13)14/h4H,3H2,1-2H3,(H2,15,16,17,18,19,20). The largest absolute Gasteiger partial charge is 0.430 e. The summed E-state index contributed by atoms with van der Waals surface area (Å²) in [6.07, 6.45) is -4.65. The van der Waals surface area contributed by atoms with E-state index in [9.17, 15) is 18.0 Å². The van der Waals surface area contributed by atoms with Crippen LogP contribution in [0.25, 0.3) is 0 Å². The quantitative estimate of drug-likeness (QED) is 0.893. The van der Waals surface area contributed by atoms with Crippen molar-refractivity contribution in [3.05, 3.63) is 17.6 Å². The van der Waals surface area contributed by atoms with Crippen LogP contribution >= 0.6 is 11.6 Å². The highest BCUT2D eigenvalue weighted by Gasteiger charge is 2.32. The van der Waals surface area contributed by atoms with Crippen LogP contribution in [0.5, 0.6) is 0 Å². The molecule has 1 rings (SSSR count). The van der Waals surface area contributed by atoms with E-state index < -0.39 is 23.7 Å². The van der Waals surface area contributed by atoms with E-state index in [-0.39, 0.29) is 17.1 Å². The van der Waals surface area contributed by atoms with Gasteiger partial charge in [-0.3, -0.25) is 10.1 Å². The number of hydrogen-bond acceptors (Lipinski definition) is 5. The molecule has 1 heterocycles. The zero-order valence-corrected chi connectivity index (χ0v) is 11.3. The zero-order valence-electron chi connectivity index (χ0n) is 10.5. The lowest BCUT2D eigenvalue weighted by Gasteiger charge is -2.12. The maximum Gasteiger partial charge on any atom is 0.430 e. The molecule has 2 N–H and O–H groups in total. The third-order valence-electron chi connectivity index (χ3n) is 1.97. The van der Waals surface area contributed by atoms with Crippen molar-refractivity contribution in [2.75, 3.05) is 10.6 Å². The van der Waals surface area contributed by atoms with Gasteiger partial charge in [0, 0.05) is 5.92 Å². The van der Waals surface area contributed by atoms with Crippen LogP contribution in [0.2, 0.25) is 5.28 Å². The number of amides is 1. The molecule has 0 saturated heterocycles. The smallest absolute Gasteiger partial charge is 0.320 e. The van der Waals surface area contributed by atoms with Crippen molar-refractivity contribution in [1.29, 1.82) is 0 Å². The van der Waals surface area contributed by atoms with Crippen molar-refractivity contribution in [1.82, 2.24) is 15.0 Å². The molecule has 110 valence electrons. The van der Waals surface area contributed by atoms with Gasteiger partial charge in [0.05, 0.1) is 0 Å². The molecule has 0 aliphatic heterocycles. The number of anilines is 2. The van der Waals surface area contributed by atoms with E-state index in [4.69, 9.17) is 11.6 Å². The molecule has 0 spiro atoms. The zero-order chi connectivity index (χ0) is 15.5. The van der Waals surface area contributed by atoms with Crippen molar-refractivity contribution in [2.24, 2.45) is 5.92 Å². The van der Waals surface area contributed by atoms with Gasteiger partial charge in [0.15, 0.2) is 0 Å². The molecular formula is C10H11ClF3N5O. The minimum atomic E-state index is -4.65. The summed E-state index contributed by atoms with van der Waals surface area (Å²) in [5, 5.41) is 3.78. The van der Waals surface area contributed by atoms with Crippen molar-refractivity contribution >= 4 is 29.4 Å². The summed E-state index contributed by atoms with van der Waals surface area (Å²) in [5.74, 6) is -1.48. The summed E-state index contributed by atoms with van der Waals surface area (Å²) < 4.78 is 36.9. The molecule has 0 radical (unpaired) electrons. The Bertz CT molecular complexity index is 532. The number of alkyl halides is 3. The summed E-state index contributed by atoms with van der Waals surface area (Å²) in [7, 11) is 0. The first-order valence-corrected chi connectivity index (χ1v) is 5.73. The van der Waals surface area contributed by atoms with Crippen molar-refractivity contribution < 1.29 is 18.0 Å². The van der Waals surface area contributed by atoms with Gasteiger partial charge in [-0.15, -0.1) is 0 Å². The number of hydrogen-bond donors (Lipinski definition) is 2. The molecule has 0 aliphatic rings. The Labute approximate surface area is 117 Å². The molecular weight excluding hydrogens is 299 g/mol. The molecule has 0 aliphatic carbocycles. The van der Waals surface area contributed by atoms with Crippen molar-refractivity contribution in [3.8, 4) is 0 Å². The van der Waals surface area contributed by atoms with Crippen LogP contribution in [0.15, 0.2) is 12.3 Å². The van der Waals surface area contributed by atoms with Crippen LogP contribution in [0.1, 0.15) is 13.8 Å². The molecule has 1 amide bonds. The predicted octanol–water partition coefficient (Wildman–Crippen LogP) is 2.61. The molecule has 0 aromatic carbocycles. The van der Waals surface area contributed by atoms with E-state index in [2.05, 4.69) is 26.8 Å². The van der Waals surface area contributed by atoms with Crippen LogP contribution < -0.4 is 10.6 Å². The maximum atomic E-state index is 12.3. The first-order chi connectivity index (χ1) is 9.09. The number of nitrogens with one attached hydrogen (secondary N) is 2. The number of nitrogens with zero attached hydrogens (tertiary/aromatic N) is 3. The van der Waals surface area contributed by atoms with E-state index in [1.807, 2.05) is 5.32 Å². The van der Waals surface area contributed by atoms with Gasteiger partial charge in [-0.05, 0) is 11.6 Å². The highest BCUT2D eigenvalue weighted by molar-refractivity contribution is 6.28. The summed E-state index contributed by atoms with van der Waals surface area (Å²) in [6.45, 7) is 6.06. The number of carbonyl (C=O) groups excluding carboxylic acids is 1. The number of rotatable bonds is 4. The predicted molar refractivity (Wildman–Crippen MR) is 67.1 cm³/mol. The summed E-state index contributed by atoms with van der Waals surface area (Å²) in [6, 6.07) is 0. The second-order valence-corrected chi connectivity index (χ2v) is 4.33. The average molecular weight is 310 g/mol. The van der Waals surface area contributed by atoms with E-state index in [1.165, 1.54) is 0 Å². The lowest BCUT2D eigenvalue weighted by atomic mass is 10.2. The first kappa shape index (κ1) is 16.2. The molecule has 1 aromatic rings. The van der Waals surface area contributed by atoms with Crippen molar-refractivity contribution in [3.63, 3.8) is 0 Å². The Morgan fingerprint density at radius 3 is 2.15 bits per heavy atom. The third kappa shape index (κ3) is 4.65. The second kappa shape index (κ2) is 6.04. The fraction of sp³-hybridized carbons (Fsp3) is 0.400. The topological polar surface area (TPSA) is 79.8 Å². The van der Waals surface area contributed by atoms with E-state index >= 15 is 0 Å². The molecule has 0 fully saturated rings. The summed E-state index contributed by atoms with van der Waals surface area (Å²) in [4.78, 5) is 22.1. The number of halogens is 4. The number of aromatic nitrogens is 3. The lowest BCUT2D eigenvalue weighted by molar-refractivity contribution is -0.119. The molecule has 6 nitrogen and oxygen atoms in total. The van der Waals surface area contributed by atoms with E-state index in [1.54, 1.807) is 13.8 Å². The van der Waals surface area contributed by atoms with Gasteiger partial charge in [0.2, 0.25) is 23.1 Å². The fourth-order valence-electron chi connectivity index (χ4n) is 0.922. The minimum Gasteiger partial charge on any atom is -0.320 e. The molecule has 20 heavy (non-hydrogen) atoms. The Balaban J connectivity index is 2.92. The molecule has 0 bridgehead atoms. The Kier molecular flexibility index (Phi) is 4.88. The van der Waals surface area contributed by atoms with E-state index in [0.29, 0.717) is 0 Å². The SMILES string of the molecule is C=C(Nc1nc(Cl)nc(NC(=O)C(C)C)n1)C(F)(F)F. The van der Waals surface area contributed by atoms with Crippen LogP contribution in [-0.2, 0) is 4.79 Å². The third-order valence-corrected chi connectivity index (χ3v) is 2.14. The first-order valence-electron chi connectivity index (χ1n) is 5.35. The number of allylic oxidation sites excluding steroid dienone is 1. The molecule has 0 atom stereocenters. The van der Waals surface area contributed by atoms with Gasteiger partial charge in [0.1, 0.15) is 5.70 Å². The monoisotopic (exact) mass is 309 g/mol. The maximum absolute atomic E-state index is 12.3. The van der Waals surface area contributed by atoms with Gasteiger partial charge in [0.25, 0.3) is 0 Å². The molecule has 0 saturated carbocycles. The van der Waals surface area contributed by atoms with Gasteiger partial charge in [-0.25, -0.2) is 0 Å². The van der Waals surface area contributed by atoms with Gasteiger partial charge >= 0.3 is 6.18 Å². The van der Waals surface area contributed by atoms with Crippen LogP contribution in [-0.4, -0.2) is 27.0 Å². The van der Waals surface area contributed by atoms with Crippen LogP contribution in [0.3, 0.4) is 0 Å². The average Bonchev–Trinajstić information content (AvgIpc) is 2.26. The van der Waals surface area contributed by atoms with Crippen LogP contribution in [0.4, 0.5) is 25.1 Å². The molecule has 0 unspecified atom stereocenters. The minimum absolute atomic E-state index is 0.249. The Hall–Kier alpha value is -1.90. The lowest BCUT2D eigenvalue weighted by Crippen LogP contribution is -2.22. The summed E-state index contributed by atoms with van der Waals surface area (Å²) >= 11 is 5.55. The Morgan fingerprint density at radius 1 is 1.20 bits per heavy atom. The number of carbonyl (C=O) groups is 1. The van der Waals surface area contributed by atoms with Crippen molar-refractivity contribution in [2.45, 2.75) is 20.0 Å². The van der Waals surface area contributed by atoms with Gasteiger partial charge in [-0.1, -0.05) is 20.4 Å². The normalized spacial score (nSPS) is 11.3. The van der Waals surface area contributed by atoms with Crippen LogP contribution in [0, 0.1) is 5.92 Å². The van der Waals surface area contributed by atoms with E-state index in [0.717, 1.165) is 0 Å². The van der Waals surface area contributed by atoms with Gasteiger partial charge < -0.3 is 5.32 Å². The Morgan fingerprint density at radius 2 is 1.70 bits per heavy atom. The second-order valence-electron chi connectivity index (χ2n) is 4.00. The summed E-state index contributed by atoms with van der Waals surface area (Å²) in [5.41, 5.74) is -1.26. The molecule has 10 heteroatoms.